The fraction of sp³-hybridized carbons (Fsp3) is 0. The van der Waals surface area contributed by atoms with Gasteiger partial charge in [0.15, 0.2) is 11.3 Å². The van der Waals surface area contributed by atoms with Gasteiger partial charge in [-0.05, 0) is 29.0 Å². The molecule has 1 aliphatic rings. The van der Waals surface area contributed by atoms with E-state index < -0.39 is 0 Å². The summed E-state index contributed by atoms with van der Waals surface area (Å²) < 4.78 is 0. The molecule has 31 heavy (non-hydrogen) atoms. The Morgan fingerprint density at radius 3 is 2.19 bits per heavy atom. The van der Waals surface area contributed by atoms with Crippen molar-refractivity contribution < 1.29 is 20.1 Å². The molecule has 1 aliphatic carbocycles. The minimum Gasteiger partial charge on any atom is -3.00 e. The van der Waals surface area contributed by atoms with Crippen molar-refractivity contribution >= 4 is 5.57 Å². The van der Waals surface area contributed by atoms with Crippen molar-refractivity contribution in [3.63, 3.8) is 0 Å². The van der Waals surface area contributed by atoms with E-state index in [4.69, 9.17) is 0 Å². The van der Waals surface area contributed by atoms with Crippen LogP contribution in [-0.4, -0.2) is 9.97 Å². The van der Waals surface area contributed by atoms with Gasteiger partial charge >= 0.3 is 0 Å². The van der Waals surface area contributed by atoms with Crippen molar-refractivity contribution in [1.82, 2.24) is 9.97 Å². The van der Waals surface area contributed by atoms with E-state index in [1.54, 1.807) is 6.20 Å². The van der Waals surface area contributed by atoms with Crippen molar-refractivity contribution in [2.75, 3.05) is 0 Å². The van der Waals surface area contributed by atoms with Gasteiger partial charge in [0.1, 0.15) is 0 Å². The van der Waals surface area contributed by atoms with Crippen molar-refractivity contribution in [3.05, 3.63) is 139 Å². The van der Waals surface area contributed by atoms with Gasteiger partial charge in [-0.25, -0.2) is 4.98 Å². The first-order valence-corrected chi connectivity index (χ1v) is 9.77. The smallest absolute Gasteiger partial charge is 0.173 e. The molecule has 0 unspecified atom stereocenters. The average molecular weight is 577 g/mol. The molecule has 3 heteroatoms. The van der Waals surface area contributed by atoms with Crippen LogP contribution in [-0.2, 0) is 20.1 Å². The van der Waals surface area contributed by atoms with Crippen LogP contribution in [0.25, 0.3) is 28.0 Å². The van der Waals surface area contributed by atoms with E-state index in [2.05, 4.69) is 40.3 Å². The van der Waals surface area contributed by atoms with Crippen molar-refractivity contribution in [1.29, 1.82) is 0 Å². The molecule has 4 aromatic rings. The van der Waals surface area contributed by atoms with Gasteiger partial charge in [-0.3, -0.25) is 0 Å². The number of nitrogens with zero attached hydrogens (tertiary/aromatic N) is 2. The molecule has 2 nitrogen and oxygen atoms in total. The summed E-state index contributed by atoms with van der Waals surface area (Å²) in [6.45, 7) is 0. The Kier molecular flexibility index (Phi) is 8.34. The van der Waals surface area contributed by atoms with Gasteiger partial charge in [-0.1, -0.05) is 42.5 Å². The zero-order valence-corrected chi connectivity index (χ0v) is 19.2. The van der Waals surface area contributed by atoms with E-state index >= 15 is 0 Å². The average Bonchev–Trinajstić information content (AvgIpc) is 2.87. The molecular weight excluding hydrogens is 557 g/mol. The number of allylic oxidation sites excluding steroid dienone is 6. The van der Waals surface area contributed by atoms with Crippen LogP contribution in [0.2, 0.25) is 0 Å². The number of pyridine rings is 2. The summed E-state index contributed by atoms with van der Waals surface area (Å²) in [5, 5.41) is 0. The molecular formula is C28H20IrN2-3. The van der Waals surface area contributed by atoms with Gasteiger partial charge in [-0.2, -0.15) is 0 Å². The maximum atomic E-state index is 4.40. The second-order valence-corrected chi connectivity index (χ2v) is 6.56. The van der Waals surface area contributed by atoms with Crippen LogP contribution in [0.4, 0.5) is 0 Å². The molecule has 2 heterocycles. The Morgan fingerprint density at radius 1 is 0.677 bits per heavy atom. The maximum absolute atomic E-state index is 4.40. The molecule has 5 rings (SSSR count). The van der Waals surface area contributed by atoms with Crippen molar-refractivity contribution in [2.45, 2.75) is 0 Å². The summed E-state index contributed by atoms with van der Waals surface area (Å²) in [4.78, 5) is 8.62. The van der Waals surface area contributed by atoms with Gasteiger partial charge in [0.25, 0.3) is 0 Å². The molecule has 2 aromatic heterocycles. The minimum atomic E-state index is 0. The predicted octanol–water partition coefficient (Wildman–Crippen LogP) is 6.61. The summed E-state index contributed by atoms with van der Waals surface area (Å²) in [6, 6.07) is 31.3. The first kappa shape index (κ1) is 22.2. The molecule has 0 bridgehead atoms. The molecule has 0 aliphatic heterocycles. The van der Waals surface area contributed by atoms with E-state index in [1.807, 2.05) is 97.2 Å². The molecule has 0 fully saturated rings. The zero-order valence-electron chi connectivity index (χ0n) is 16.8. The molecule has 0 saturated carbocycles. The van der Waals surface area contributed by atoms with E-state index in [0.717, 1.165) is 22.5 Å². The Morgan fingerprint density at radius 2 is 1.48 bits per heavy atom. The summed E-state index contributed by atoms with van der Waals surface area (Å²) in [6.07, 6.45) is 14.7. The molecule has 0 radical (unpaired) electrons. The third kappa shape index (κ3) is 6.25. The van der Waals surface area contributed by atoms with Crippen LogP contribution >= 0.6 is 0 Å². The number of aromatic nitrogens is 2. The number of rotatable bonds is 3. The van der Waals surface area contributed by atoms with Crippen LogP contribution in [0, 0.1) is 12.1 Å². The molecule has 0 N–H and O–H groups in total. The van der Waals surface area contributed by atoms with E-state index in [1.165, 1.54) is 11.1 Å². The van der Waals surface area contributed by atoms with Gasteiger partial charge in [-0.15, -0.1) is 35.9 Å². The summed E-state index contributed by atoms with van der Waals surface area (Å²) in [7, 11) is 0. The van der Waals surface area contributed by atoms with E-state index in [9.17, 15) is 0 Å². The third-order valence-corrected chi connectivity index (χ3v) is 4.50. The van der Waals surface area contributed by atoms with Crippen LogP contribution in [0.3, 0.4) is 0 Å². The molecule has 0 atom stereocenters. The van der Waals surface area contributed by atoms with Gasteiger partial charge in [0, 0.05) is 42.8 Å². The van der Waals surface area contributed by atoms with Gasteiger partial charge in [0.2, 0.25) is 0 Å². The predicted molar refractivity (Wildman–Crippen MR) is 123 cm³/mol. The molecule has 0 amide bonds. The van der Waals surface area contributed by atoms with Crippen LogP contribution < -0.4 is 0 Å². The van der Waals surface area contributed by atoms with Gasteiger partial charge < -0.3 is 25.1 Å². The number of hydrogen-bond donors (Lipinski definition) is 0. The summed E-state index contributed by atoms with van der Waals surface area (Å²) >= 11 is 0. The number of benzene rings is 2. The topological polar surface area (TPSA) is 25.8 Å². The summed E-state index contributed by atoms with van der Waals surface area (Å²) in [5.41, 5.74) is 6.37. The van der Waals surface area contributed by atoms with Crippen molar-refractivity contribution in [3.8, 4) is 22.4 Å². The molecule has 2 aromatic carbocycles. The Hall–Kier alpha value is -3.48. The minimum absolute atomic E-state index is 0. The standard InChI is InChI=1S/C17H12N.C11H8N.Ir/c1-3-7-14(8-4-1)16-11-12-18-17(13-16)15-9-5-2-6-10-15;1-2-6-10(7-3-1)11-8-4-5-9-12-11;/h1-9,11-13H;1-6,8-9H;/q+1;-1;-3. The molecule has 0 saturated heterocycles. The van der Waals surface area contributed by atoms with Crippen LogP contribution in [0.5, 0.6) is 0 Å². The summed E-state index contributed by atoms with van der Waals surface area (Å²) in [5.74, 6) is 0. The third-order valence-electron chi connectivity index (χ3n) is 4.50. The SMILES string of the molecule is [C+]1=CC=CC=C1c1cc(-c2ccccc2)ccn1.[Ir-3].[c-]1ccccc1-c1ccccn1. The molecule has 154 valence electrons. The monoisotopic (exact) mass is 577 g/mol. The van der Waals surface area contributed by atoms with Gasteiger partial charge in [0.05, 0.1) is 6.08 Å². The fourth-order valence-electron chi connectivity index (χ4n) is 3.02. The van der Waals surface area contributed by atoms with Crippen LogP contribution in [0.15, 0.2) is 122 Å². The second kappa shape index (κ2) is 11.6. The van der Waals surface area contributed by atoms with Crippen molar-refractivity contribution in [2.24, 2.45) is 0 Å². The first-order chi connectivity index (χ1) is 14.9. The normalized spacial score (nSPS) is 11.3. The Balaban J connectivity index is 0.000000183. The number of hydrogen-bond acceptors (Lipinski definition) is 2. The van der Waals surface area contributed by atoms with E-state index in [-0.39, 0.29) is 20.1 Å². The molecule has 0 spiro atoms. The zero-order chi connectivity index (χ0) is 20.4. The Bertz CT molecular complexity index is 1130. The first-order valence-electron chi connectivity index (χ1n) is 9.77. The maximum Gasteiger partial charge on any atom is 0.173 e. The largest absolute Gasteiger partial charge is 3.00 e. The van der Waals surface area contributed by atoms with E-state index in [0.29, 0.717) is 0 Å². The Labute approximate surface area is 197 Å². The van der Waals surface area contributed by atoms with Crippen LogP contribution in [0.1, 0.15) is 5.69 Å². The second-order valence-electron chi connectivity index (χ2n) is 6.56. The quantitative estimate of drug-likeness (QED) is 0.257. The fourth-order valence-corrected chi connectivity index (χ4v) is 3.02.